The Kier molecular flexibility index (Phi) is 6.83. The molecule has 3 rings (SSSR count). The van der Waals surface area contributed by atoms with Gasteiger partial charge >= 0.3 is 0 Å². The number of hydroxylamine groups is 2. The first-order chi connectivity index (χ1) is 14.5. The van der Waals surface area contributed by atoms with Gasteiger partial charge in [-0.15, -0.1) is 0 Å². The first kappa shape index (κ1) is 21.5. The van der Waals surface area contributed by atoms with Gasteiger partial charge in [0.25, 0.3) is 11.5 Å². The number of carbonyl (C=O) groups is 3. The van der Waals surface area contributed by atoms with Crippen molar-refractivity contribution in [2.24, 2.45) is 5.92 Å². The van der Waals surface area contributed by atoms with E-state index in [-0.39, 0.29) is 18.5 Å². The van der Waals surface area contributed by atoms with Crippen LogP contribution in [0.4, 0.5) is 0 Å². The summed E-state index contributed by atoms with van der Waals surface area (Å²) in [6.45, 7) is 2.36. The number of carbonyl (C=O) groups excluding carboxylic acids is 3. The first-order valence-electron chi connectivity index (χ1n) is 10.1. The van der Waals surface area contributed by atoms with Crippen molar-refractivity contribution >= 4 is 29.1 Å². The minimum atomic E-state index is -0.708. The highest BCUT2D eigenvalue weighted by atomic mass is 16.5. The number of unbranched alkanes of at least 4 members (excludes halogenated alkanes) is 2. The van der Waals surface area contributed by atoms with Crippen LogP contribution in [0.5, 0.6) is 0 Å². The van der Waals surface area contributed by atoms with Crippen LogP contribution in [0.3, 0.4) is 0 Å². The lowest BCUT2D eigenvalue weighted by atomic mass is 10.0. The Morgan fingerprint density at radius 1 is 1.30 bits per heavy atom. The summed E-state index contributed by atoms with van der Waals surface area (Å²) >= 11 is 0. The molecule has 2 aromatic rings. The SMILES string of the molecule is CCCCC[C@H](CN(O)C=O)C(=O)NNC(=O)c1cc2cccc3c2n(c1=O)CC3. The van der Waals surface area contributed by atoms with E-state index in [9.17, 15) is 24.4 Å². The molecule has 0 aliphatic carbocycles. The number of hydrogen-bond donors (Lipinski definition) is 3. The molecule has 1 atom stereocenters. The largest absolute Gasteiger partial charge is 0.307 e. The van der Waals surface area contributed by atoms with Crippen LogP contribution in [-0.2, 0) is 22.6 Å². The van der Waals surface area contributed by atoms with Gasteiger partial charge in [0.15, 0.2) is 0 Å². The molecule has 9 nitrogen and oxygen atoms in total. The lowest BCUT2D eigenvalue weighted by Gasteiger charge is -2.19. The van der Waals surface area contributed by atoms with E-state index in [1.165, 1.54) is 6.07 Å². The van der Waals surface area contributed by atoms with E-state index in [1.54, 1.807) is 4.57 Å². The molecule has 9 heteroatoms. The molecule has 0 saturated carbocycles. The number of aromatic nitrogens is 1. The number of pyridine rings is 1. The highest BCUT2D eigenvalue weighted by Crippen LogP contribution is 2.24. The molecular weight excluding hydrogens is 388 g/mol. The molecule has 0 fully saturated rings. The number of para-hydroxylation sites is 1. The summed E-state index contributed by atoms with van der Waals surface area (Å²) in [4.78, 5) is 48.5. The summed E-state index contributed by atoms with van der Waals surface area (Å²) in [5.41, 5.74) is 6.08. The molecule has 0 spiro atoms. The van der Waals surface area contributed by atoms with Crippen molar-refractivity contribution in [3.05, 3.63) is 45.7 Å². The third-order valence-electron chi connectivity index (χ3n) is 5.40. The van der Waals surface area contributed by atoms with Crippen LogP contribution in [0.2, 0.25) is 0 Å². The molecule has 0 unspecified atom stereocenters. The van der Waals surface area contributed by atoms with Crippen molar-refractivity contribution in [3.63, 3.8) is 0 Å². The van der Waals surface area contributed by atoms with Gasteiger partial charge in [-0.2, -0.15) is 0 Å². The molecule has 0 saturated heterocycles. The maximum atomic E-state index is 12.7. The second kappa shape index (κ2) is 9.53. The highest BCUT2D eigenvalue weighted by molar-refractivity contribution is 5.99. The molecule has 0 radical (unpaired) electrons. The van der Waals surface area contributed by atoms with Gasteiger partial charge in [0.05, 0.1) is 18.0 Å². The zero-order valence-electron chi connectivity index (χ0n) is 16.9. The van der Waals surface area contributed by atoms with E-state index in [1.807, 2.05) is 25.1 Å². The average molecular weight is 414 g/mol. The van der Waals surface area contributed by atoms with Gasteiger partial charge in [0.1, 0.15) is 5.56 Å². The maximum absolute atomic E-state index is 12.7. The number of hydrogen-bond acceptors (Lipinski definition) is 5. The van der Waals surface area contributed by atoms with Gasteiger partial charge in [-0.25, -0.2) is 5.06 Å². The smallest absolute Gasteiger partial charge is 0.275 e. The Labute approximate surface area is 173 Å². The zero-order valence-corrected chi connectivity index (χ0v) is 16.9. The van der Waals surface area contributed by atoms with E-state index in [2.05, 4.69) is 10.9 Å². The Morgan fingerprint density at radius 2 is 2.10 bits per heavy atom. The lowest BCUT2D eigenvalue weighted by molar-refractivity contribution is -0.154. The molecule has 3 amide bonds. The summed E-state index contributed by atoms with van der Waals surface area (Å²) in [5.74, 6) is -1.93. The van der Waals surface area contributed by atoms with Crippen molar-refractivity contribution in [1.29, 1.82) is 0 Å². The quantitative estimate of drug-likeness (QED) is 0.248. The number of nitrogens with one attached hydrogen (secondary N) is 2. The van der Waals surface area contributed by atoms with Gasteiger partial charge in [-0.3, -0.25) is 35.2 Å². The van der Waals surface area contributed by atoms with Crippen LogP contribution in [0.1, 0.15) is 48.5 Å². The van der Waals surface area contributed by atoms with Crippen molar-refractivity contribution in [2.75, 3.05) is 6.54 Å². The molecule has 3 N–H and O–H groups in total. The fraction of sp³-hybridized carbons (Fsp3) is 0.429. The summed E-state index contributed by atoms with van der Waals surface area (Å²) in [7, 11) is 0. The van der Waals surface area contributed by atoms with Crippen LogP contribution in [0.15, 0.2) is 29.1 Å². The van der Waals surface area contributed by atoms with Crippen LogP contribution < -0.4 is 16.4 Å². The number of rotatable bonds is 9. The molecule has 1 aromatic carbocycles. The monoisotopic (exact) mass is 414 g/mol. The predicted octanol–water partition coefficient (Wildman–Crippen LogP) is 1.36. The van der Waals surface area contributed by atoms with E-state index in [0.29, 0.717) is 18.0 Å². The van der Waals surface area contributed by atoms with Crippen molar-refractivity contribution in [3.8, 4) is 0 Å². The Balaban J connectivity index is 1.71. The number of nitrogens with zero attached hydrogens (tertiary/aromatic N) is 2. The maximum Gasteiger partial charge on any atom is 0.275 e. The number of aryl methyl sites for hydroxylation is 2. The molecule has 1 aromatic heterocycles. The van der Waals surface area contributed by atoms with Gasteiger partial charge < -0.3 is 4.57 Å². The highest BCUT2D eigenvalue weighted by Gasteiger charge is 2.24. The molecule has 160 valence electrons. The topological polar surface area (TPSA) is 121 Å². The molecule has 0 bridgehead atoms. The van der Waals surface area contributed by atoms with Crippen LogP contribution in [-0.4, -0.2) is 39.6 Å². The van der Waals surface area contributed by atoms with Crippen molar-refractivity contribution < 1.29 is 19.6 Å². The number of hydrazine groups is 1. The molecule has 2 heterocycles. The second-order valence-corrected chi connectivity index (χ2v) is 7.48. The Morgan fingerprint density at radius 3 is 2.83 bits per heavy atom. The van der Waals surface area contributed by atoms with Crippen molar-refractivity contribution in [2.45, 2.75) is 45.6 Å². The van der Waals surface area contributed by atoms with Gasteiger partial charge in [-0.1, -0.05) is 44.4 Å². The zero-order chi connectivity index (χ0) is 21.7. The minimum absolute atomic E-state index is 0.0546. The normalized spacial score (nSPS) is 13.1. The summed E-state index contributed by atoms with van der Waals surface area (Å²) < 4.78 is 1.59. The summed E-state index contributed by atoms with van der Waals surface area (Å²) in [6, 6.07) is 7.23. The van der Waals surface area contributed by atoms with Gasteiger partial charge in [0.2, 0.25) is 12.3 Å². The fourth-order valence-corrected chi connectivity index (χ4v) is 3.83. The minimum Gasteiger partial charge on any atom is -0.307 e. The van der Waals surface area contributed by atoms with Gasteiger partial charge in [-0.05, 0) is 29.9 Å². The predicted molar refractivity (Wildman–Crippen MR) is 110 cm³/mol. The molecule has 1 aliphatic heterocycles. The third kappa shape index (κ3) is 4.51. The summed E-state index contributed by atoms with van der Waals surface area (Å²) in [6.07, 6.45) is 4.02. The Hall–Kier alpha value is -3.20. The van der Waals surface area contributed by atoms with E-state index >= 15 is 0 Å². The number of amides is 3. The van der Waals surface area contributed by atoms with Crippen LogP contribution >= 0.6 is 0 Å². The van der Waals surface area contributed by atoms with Crippen LogP contribution in [0.25, 0.3) is 10.9 Å². The lowest BCUT2D eigenvalue weighted by Crippen LogP contribution is -2.48. The fourth-order valence-electron chi connectivity index (χ4n) is 3.83. The standard InChI is InChI=1S/C21H26N4O5/c1-2-3-4-6-16(12-24(30)13-26)19(27)22-23-20(28)17-11-15-8-5-7-14-9-10-25(18(14)15)21(17)29/h5,7-8,11,13,16,30H,2-4,6,9-10,12H2,1H3,(H,22,27)(H,23,28)/t16-/m1/s1. The molecular formula is C21H26N4O5. The number of benzene rings is 1. The van der Waals surface area contributed by atoms with Crippen molar-refractivity contribution in [1.82, 2.24) is 20.5 Å². The third-order valence-corrected chi connectivity index (χ3v) is 5.40. The second-order valence-electron chi connectivity index (χ2n) is 7.48. The molecule has 1 aliphatic rings. The first-order valence-corrected chi connectivity index (χ1v) is 10.1. The average Bonchev–Trinajstić information content (AvgIpc) is 3.19. The summed E-state index contributed by atoms with van der Waals surface area (Å²) in [5, 5.41) is 10.6. The van der Waals surface area contributed by atoms with E-state index in [4.69, 9.17) is 0 Å². The Bertz CT molecular complexity index is 1020. The van der Waals surface area contributed by atoms with Gasteiger partial charge in [0, 0.05) is 6.54 Å². The van der Waals surface area contributed by atoms with Crippen LogP contribution in [0, 0.1) is 5.92 Å². The molecule has 30 heavy (non-hydrogen) atoms. The van der Waals surface area contributed by atoms with E-state index < -0.39 is 23.3 Å². The van der Waals surface area contributed by atoms with E-state index in [0.717, 1.165) is 42.1 Å².